The summed E-state index contributed by atoms with van der Waals surface area (Å²) in [6, 6.07) is 15.0. The fourth-order valence-corrected chi connectivity index (χ4v) is 4.84. The molecule has 1 heterocycles. The van der Waals surface area contributed by atoms with Gasteiger partial charge >= 0.3 is 5.97 Å². The van der Waals surface area contributed by atoms with E-state index < -0.39 is 10.7 Å². The van der Waals surface area contributed by atoms with Crippen LogP contribution in [-0.4, -0.2) is 22.7 Å². The monoisotopic (exact) mass is 359 g/mol. The second-order valence-corrected chi connectivity index (χ2v) is 8.05. The summed E-state index contributed by atoms with van der Waals surface area (Å²) in [7, 11) is 0. The van der Waals surface area contributed by atoms with Crippen molar-refractivity contribution in [3.8, 4) is 5.75 Å². The lowest BCUT2D eigenvalue weighted by Crippen LogP contribution is -2.28. The van der Waals surface area contributed by atoms with Crippen LogP contribution in [0.2, 0.25) is 0 Å². The molecule has 1 aromatic heterocycles. The second-order valence-electron chi connectivity index (χ2n) is 5.35. The Morgan fingerprint density at radius 2 is 2.04 bits per heavy atom. The van der Waals surface area contributed by atoms with Gasteiger partial charge in [-0.15, -0.1) is 11.3 Å². The largest absolute Gasteiger partial charge is 0.494 e. The lowest BCUT2D eigenvalue weighted by Gasteiger charge is -2.23. The molecule has 1 N–H and O–H groups in total. The van der Waals surface area contributed by atoms with Crippen LogP contribution in [0.25, 0.3) is 10.2 Å². The molecule has 0 aliphatic rings. The van der Waals surface area contributed by atoms with E-state index in [2.05, 4.69) is 4.98 Å². The summed E-state index contributed by atoms with van der Waals surface area (Å²) in [5, 5.41) is 9.77. The molecular weight excluding hydrogens is 342 g/mol. The van der Waals surface area contributed by atoms with Gasteiger partial charge in [0.15, 0.2) is 4.34 Å². The predicted molar refractivity (Wildman–Crippen MR) is 98.1 cm³/mol. The van der Waals surface area contributed by atoms with Crippen LogP contribution in [-0.2, 0) is 9.54 Å². The minimum Gasteiger partial charge on any atom is -0.494 e. The highest BCUT2D eigenvalue weighted by Crippen LogP contribution is 2.44. The number of aromatic nitrogens is 1. The maximum Gasteiger partial charge on any atom is 0.324 e. The summed E-state index contributed by atoms with van der Waals surface area (Å²) < 4.78 is 6.14. The van der Waals surface area contributed by atoms with Crippen molar-refractivity contribution in [3.05, 3.63) is 54.1 Å². The molecule has 0 aliphatic heterocycles. The van der Waals surface area contributed by atoms with Crippen molar-refractivity contribution in [1.29, 1.82) is 0 Å². The highest BCUT2D eigenvalue weighted by atomic mass is 32.2. The van der Waals surface area contributed by atoms with Crippen molar-refractivity contribution in [2.24, 2.45) is 0 Å². The van der Waals surface area contributed by atoms with Gasteiger partial charge in [0.1, 0.15) is 10.5 Å². The zero-order valence-corrected chi connectivity index (χ0v) is 15.0. The van der Waals surface area contributed by atoms with Crippen LogP contribution >= 0.6 is 23.1 Å². The summed E-state index contributed by atoms with van der Waals surface area (Å²) in [5.41, 5.74) is 1.60. The molecule has 0 radical (unpaired) electrons. The van der Waals surface area contributed by atoms with Crippen LogP contribution in [0.4, 0.5) is 0 Å². The number of rotatable bonds is 6. The number of hydrogen-bond donors (Lipinski definition) is 1. The van der Waals surface area contributed by atoms with E-state index in [1.165, 1.54) is 23.1 Å². The molecule has 4 nitrogen and oxygen atoms in total. The Labute approximate surface area is 148 Å². The first-order valence-electron chi connectivity index (χ1n) is 7.54. The first-order valence-corrected chi connectivity index (χ1v) is 9.17. The average Bonchev–Trinajstić information content (AvgIpc) is 2.97. The number of carboxylic acids is 1. The molecule has 0 saturated carbocycles. The van der Waals surface area contributed by atoms with Crippen LogP contribution in [0.1, 0.15) is 19.4 Å². The highest BCUT2D eigenvalue weighted by molar-refractivity contribution is 8.02. The molecule has 0 bridgehead atoms. The third-order valence-corrected chi connectivity index (χ3v) is 6.07. The van der Waals surface area contributed by atoms with E-state index >= 15 is 0 Å². The molecule has 0 spiro atoms. The minimum absolute atomic E-state index is 0.608. The molecular formula is C18H17NO3S2. The zero-order valence-electron chi connectivity index (χ0n) is 13.4. The summed E-state index contributed by atoms with van der Waals surface area (Å²) >= 11 is 2.75. The number of ether oxygens (including phenoxy) is 1. The zero-order chi connectivity index (χ0) is 17.2. The number of benzene rings is 2. The molecule has 24 heavy (non-hydrogen) atoms. The summed E-state index contributed by atoms with van der Waals surface area (Å²) in [4.78, 5) is 16.5. The van der Waals surface area contributed by atoms with E-state index in [9.17, 15) is 9.90 Å². The second kappa shape index (κ2) is 6.83. The number of carboxylic acid groups (broad SMARTS) is 1. The third-order valence-electron chi connectivity index (χ3n) is 3.68. The van der Waals surface area contributed by atoms with Gasteiger partial charge < -0.3 is 9.84 Å². The maximum atomic E-state index is 11.9. The van der Waals surface area contributed by atoms with E-state index in [1.807, 2.05) is 55.5 Å². The molecule has 0 amide bonds. The summed E-state index contributed by atoms with van der Waals surface area (Å²) in [6.45, 7) is 4.26. The molecule has 0 aliphatic carbocycles. The minimum atomic E-state index is -1.09. The van der Waals surface area contributed by atoms with Crippen LogP contribution in [0, 0.1) is 0 Å². The molecule has 124 valence electrons. The van der Waals surface area contributed by atoms with Crippen molar-refractivity contribution in [3.63, 3.8) is 0 Å². The SMILES string of the molecule is CCOc1ccc2nc(S[C@](C)(C(=O)O)c3ccccc3)sc2c1. The molecule has 3 aromatic rings. The van der Waals surface area contributed by atoms with E-state index in [-0.39, 0.29) is 0 Å². The Kier molecular flexibility index (Phi) is 4.78. The van der Waals surface area contributed by atoms with Crippen LogP contribution in [0.5, 0.6) is 5.75 Å². The Morgan fingerprint density at radius 3 is 2.71 bits per heavy atom. The van der Waals surface area contributed by atoms with Gasteiger partial charge in [-0.2, -0.15) is 0 Å². The van der Waals surface area contributed by atoms with Gasteiger partial charge in [-0.1, -0.05) is 42.1 Å². The van der Waals surface area contributed by atoms with Gasteiger partial charge in [-0.05, 0) is 37.6 Å². The molecule has 1 atom stereocenters. The van der Waals surface area contributed by atoms with Gasteiger partial charge in [-0.3, -0.25) is 4.79 Å². The Hall–Kier alpha value is -2.05. The quantitative estimate of drug-likeness (QED) is 0.641. The maximum absolute atomic E-state index is 11.9. The fourth-order valence-electron chi connectivity index (χ4n) is 2.34. The van der Waals surface area contributed by atoms with Gasteiger partial charge in [0.2, 0.25) is 0 Å². The average molecular weight is 359 g/mol. The normalized spacial score (nSPS) is 13.6. The van der Waals surface area contributed by atoms with E-state index in [1.54, 1.807) is 6.92 Å². The number of hydrogen-bond acceptors (Lipinski definition) is 5. The molecule has 0 saturated heterocycles. The van der Waals surface area contributed by atoms with Gasteiger partial charge in [0.05, 0.1) is 16.8 Å². The van der Waals surface area contributed by atoms with Crippen molar-refractivity contribution >= 4 is 39.3 Å². The standard InChI is InChI=1S/C18H17NO3S2/c1-3-22-13-9-10-14-15(11-13)23-17(19-14)24-18(2,16(20)21)12-7-5-4-6-8-12/h4-11H,3H2,1-2H3,(H,20,21)/t18-/m0/s1. The number of nitrogens with zero attached hydrogens (tertiary/aromatic N) is 1. The van der Waals surface area contributed by atoms with Crippen molar-refractivity contribution < 1.29 is 14.6 Å². The lowest BCUT2D eigenvalue weighted by atomic mass is 10.0. The predicted octanol–water partition coefficient (Wildman–Crippen LogP) is 4.79. The molecule has 6 heteroatoms. The van der Waals surface area contributed by atoms with Gasteiger partial charge in [-0.25, -0.2) is 4.98 Å². The van der Waals surface area contributed by atoms with E-state index in [4.69, 9.17) is 4.74 Å². The van der Waals surface area contributed by atoms with Crippen LogP contribution < -0.4 is 4.74 Å². The third kappa shape index (κ3) is 3.25. The molecule has 3 rings (SSSR count). The summed E-state index contributed by atoms with van der Waals surface area (Å²) in [5.74, 6) is -0.0813. The Morgan fingerprint density at radius 1 is 1.29 bits per heavy atom. The van der Waals surface area contributed by atoms with Crippen molar-refractivity contribution in [2.45, 2.75) is 22.9 Å². The first kappa shape index (κ1) is 16.8. The Balaban J connectivity index is 1.96. The lowest BCUT2D eigenvalue weighted by molar-refractivity contribution is -0.139. The number of thiazole rings is 1. The van der Waals surface area contributed by atoms with Gasteiger partial charge in [0, 0.05) is 0 Å². The van der Waals surface area contributed by atoms with Gasteiger partial charge in [0.25, 0.3) is 0 Å². The number of carbonyl (C=O) groups is 1. The summed E-state index contributed by atoms with van der Waals surface area (Å²) in [6.07, 6.45) is 0. The number of aliphatic carboxylic acids is 1. The molecule has 0 unspecified atom stereocenters. The number of thioether (sulfide) groups is 1. The smallest absolute Gasteiger partial charge is 0.324 e. The van der Waals surface area contributed by atoms with Crippen molar-refractivity contribution in [1.82, 2.24) is 4.98 Å². The van der Waals surface area contributed by atoms with Crippen LogP contribution in [0.3, 0.4) is 0 Å². The van der Waals surface area contributed by atoms with E-state index in [0.29, 0.717) is 6.61 Å². The fraction of sp³-hybridized carbons (Fsp3) is 0.222. The van der Waals surface area contributed by atoms with E-state index in [0.717, 1.165) is 25.9 Å². The highest BCUT2D eigenvalue weighted by Gasteiger charge is 2.37. The topological polar surface area (TPSA) is 59.4 Å². The Bertz CT molecular complexity index is 863. The first-order chi connectivity index (χ1) is 11.5. The van der Waals surface area contributed by atoms with Crippen LogP contribution in [0.15, 0.2) is 52.9 Å². The van der Waals surface area contributed by atoms with Crippen molar-refractivity contribution in [2.75, 3.05) is 6.61 Å². The number of fused-ring (bicyclic) bond motifs is 1. The molecule has 0 fully saturated rings. The molecule has 2 aromatic carbocycles.